The Morgan fingerprint density at radius 1 is 1.36 bits per heavy atom. The standard InChI is InChI=1S/C10H17NO3/c1-8(2,3)14-7(12)11-9-4-10(13,5-9)6-9/h13H,4-6H2,1-3H3,(H,11,12). The molecule has 0 aromatic carbocycles. The van der Waals surface area contributed by atoms with Crippen LogP contribution in [-0.4, -0.2) is 27.9 Å². The fourth-order valence-corrected chi connectivity index (χ4v) is 2.39. The van der Waals surface area contributed by atoms with Gasteiger partial charge in [-0.25, -0.2) is 4.79 Å². The molecule has 4 nitrogen and oxygen atoms in total. The van der Waals surface area contributed by atoms with E-state index in [2.05, 4.69) is 5.32 Å². The van der Waals surface area contributed by atoms with Gasteiger partial charge in [-0.3, -0.25) is 0 Å². The molecule has 0 unspecified atom stereocenters. The third kappa shape index (κ3) is 1.59. The van der Waals surface area contributed by atoms with E-state index in [1.54, 1.807) is 0 Å². The highest BCUT2D eigenvalue weighted by atomic mass is 16.6. The fraction of sp³-hybridized carbons (Fsp3) is 0.900. The number of ether oxygens (including phenoxy) is 1. The molecule has 0 aromatic heterocycles. The van der Waals surface area contributed by atoms with Crippen molar-refractivity contribution in [2.45, 2.75) is 56.8 Å². The number of alkyl carbamates (subject to hydrolysis) is 1. The van der Waals surface area contributed by atoms with Crippen molar-refractivity contribution >= 4 is 6.09 Å². The zero-order valence-corrected chi connectivity index (χ0v) is 8.89. The summed E-state index contributed by atoms with van der Waals surface area (Å²) < 4.78 is 5.14. The van der Waals surface area contributed by atoms with Crippen LogP contribution in [0.5, 0.6) is 0 Å². The molecule has 3 saturated carbocycles. The molecule has 3 fully saturated rings. The third-order valence-corrected chi connectivity index (χ3v) is 2.77. The van der Waals surface area contributed by atoms with E-state index in [0.29, 0.717) is 19.3 Å². The van der Waals surface area contributed by atoms with Crippen LogP contribution in [-0.2, 0) is 4.74 Å². The number of hydrogen-bond acceptors (Lipinski definition) is 3. The monoisotopic (exact) mass is 199 g/mol. The Kier molecular flexibility index (Phi) is 1.69. The van der Waals surface area contributed by atoms with Gasteiger partial charge in [0.2, 0.25) is 0 Å². The smallest absolute Gasteiger partial charge is 0.408 e. The predicted molar refractivity (Wildman–Crippen MR) is 50.9 cm³/mol. The number of rotatable bonds is 1. The Labute approximate surface area is 83.6 Å². The van der Waals surface area contributed by atoms with Crippen molar-refractivity contribution in [3.05, 3.63) is 0 Å². The van der Waals surface area contributed by atoms with Gasteiger partial charge in [-0.15, -0.1) is 0 Å². The largest absolute Gasteiger partial charge is 0.444 e. The molecule has 0 aromatic rings. The zero-order valence-electron chi connectivity index (χ0n) is 8.89. The number of carbonyl (C=O) groups is 1. The zero-order chi connectivity index (χ0) is 10.6. The van der Waals surface area contributed by atoms with Crippen LogP contribution in [0.1, 0.15) is 40.0 Å². The lowest BCUT2D eigenvalue weighted by atomic mass is 9.46. The maximum Gasteiger partial charge on any atom is 0.408 e. The molecule has 0 atom stereocenters. The van der Waals surface area contributed by atoms with Gasteiger partial charge in [0.05, 0.1) is 11.1 Å². The fourth-order valence-electron chi connectivity index (χ4n) is 2.39. The van der Waals surface area contributed by atoms with E-state index < -0.39 is 11.2 Å². The van der Waals surface area contributed by atoms with Crippen molar-refractivity contribution in [3.63, 3.8) is 0 Å². The van der Waals surface area contributed by atoms with Crippen molar-refractivity contribution in [2.24, 2.45) is 0 Å². The first-order valence-corrected chi connectivity index (χ1v) is 4.96. The lowest BCUT2D eigenvalue weighted by molar-refractivity contribution is -0.217. The molecule has 14 heavy (non-hydrogen) atoms. The molecule has 3 aliphatic rings. The predicted octanol–water partition coefficient (Wildman–Crippen LogP) is 1.18. The summed E-state index contributed by atoms with van der Waals surface area (Å²) >= 11 is 0. The van der Waals surface area contributed by atoms with Crippen LogP contribution >= 0.6 is 0 Å². The molecular weight excluding hydrogens is 182 g/mol. The normalized spacial score (nSPS) is 39.4. The Morgan fingerprint density at radius 2 is 1.86 bits per heavy atom. The minimum atomic E-state index is -0.477. The topological polar surface area (TPSA) is 58.6 Å². The highest BCUT2D eigenvalue weighted by molar-refractivity contribution is 5.70. The van der Waals surface area contributed by atoms with Crippen molar-refractivity contribution < 1.29 is 14.6 Å². The Bertz CT molecular complexity index is 260. The molecule has 2 bridgehead atoms. The van der Waals surface area contributed by atoms with Crippen LogP contribution in [0.4, 0.5) is 4.79 Å². The number of nitrogens with one attached hydrogen (secondary N) is 1. The second kappa shape index (κ2) is 2.42. The van der Waals surface area contributed by atoms with Crippen LogP contribution in [0.15, 0.2) is 0 Å². The molecule has 4 heteroatoms. The van der Waals surface area contributed by atoms with Gasteiger partial charge < -0.3 is 15.2 Å². The van der Waals surface area contributed by atoms with E-state index in [-0.39, 0.29) is 11.6 Å². The van der Waals surface area contributed by atoms with E-state index in [1.165, 1.54) is 0 Å². The first-order valence-electron chi connectivity index (χ1n) is 4.96. The summed E-state index contributed by atoms with van der Waals surface area (Å²) in [6, 6.07) is 0. The molecule has 0 radical (unpaired) electrons. The van der Waals surface area contributed by atoms with Crippen molar-refractivity contribution in [1.82, 2.24) is 5.32 Å². The number of aliphatic hydroxyl groups is 1. The summed E-state index contributed by atoms with van der Waals surface area (Å²) in [6.45, 7) is 5.51. The van der Waals surface area contributed by atoms with Crippen LogP contribution in [0, 0.1) is 0 Å². The number of hydrogen-bond donors (Lipinski definition) is 2. The minimum absolute atomic E-state index is 0.156. The van der Waals surface area contributed by atoms with Gasteiger partial charge >= 0.3 is 6.09 Å². The maximum absolute atomic E-state index is 11.4. The summed E-state index contributed by atoms with van der Waals surface area (Å²) in [5, 5.41) is 12.3. The average molecular weight is 199 g/mol. The van der Waals surface area contributed by atoms with Gasteiger partial charge in [0, 0.05) is 0 Å². The molecule has 2 N–H and O–H groups in total. The first-order chi connectivity index (χ1) is 6.22. The van der Waals surface area contributed by atoms with Gasteiger partial charge in [0.25, 0.3) is 0 Å². The van der Waals surface area contributed by atoms with Crippen LogP contribution in [0.2, 0.25) is 0 Å². The Hall–Kier alpha value is -0.770. The molecule has 3 rings (SSSR count). The lowest BCUT2D eigenvalue weighted by Gasteiger charge is -2.67. The van der Waals surface area contributed by atoms with Gasteiger partial charge in [-0.2, -0.15) is 0 Å². The highest BCUT2D eigenvalue weighted by Gasteiger charge is 2.68. The second-order valence-electron chi connectivity index (χ2n) is 5.66. The Balaban J connectivity index is 1.80. The molecule has 1 amide bonds. The van der Waals surface area contributed by atoms with E-state index in [4.69, 9.17) is 4.74 Å². The van der Waals surface area contributed by atoms with Gasteiger partial charge in [-0.1, -0.05) is 0 Å². The summed E-state index contributed by atoms with van der Waals surface area (Å²) in [7, 11) is 0. The van der Waals surface area contributed by atoms with E-state index in [9.17, 15) is 9.90 Å². The highest BCUT2D eigenvalue weighted by Crippen LogP contribution is 2.60. The van der Waals surface area contributed by atoms with E-state index in [1.807, 2.05) is 20.8 Å². The lowest BCUT2D eigenvalue weighted by Crippen LogP contribution is -2.78. The van der Waals surface area contributed by atoms with Gasteiger partial charge in [0.1, 0.15) is 5.60 Å². The average Bonchev–Trinajstić information content (AvgIpc) is 1.76. The molecule has 0 heterocycles. The molecule has 0 spiro atoms. The van der Waals surface area contributed by atoms with Crippen LogP contribution in [0.25, 0.3) is 0 Å². The van der Waals surface area contributed by atoms with E-state index in [0.717, 1.165) is 0 Å². The third-order valence-electron chi connectivity index (χ3n) is 2.77. The maximum atomic E-state index is 11.4. The summed E-state index contributed by atoms with van der Waals surface area (Å²) in [6.07, 6.45) is 1.66. The van der Waals surface area contributed by atoms with E-state index >= 15 is 0 Å². The molecule has 0 saturated heterocycles. The second-order valence-corrected chi connectivity index (χ2v) is 5.66. The summed E-state index contributed by atoms with van der Waals surface area (Å²) in [5.41, 5.74) is -1.09. The number of carbonyl (C=O) groups excluding carboxylic acids is 1. The molecule has 3 aliphatic carbocycles. The van der Waals surface area contributed by atoms with Crippen LogP contribution < -0.4 is 5.32 Å². The summed E-state index contributed by atoms with van der Waals surface area (Å²) in [4.78, 5) is 11.4. The SMILES string of the molecule is CC(C)(C)OC(=O)NC12CC(O)(C1)C2. The molecule has 0 aliphatic heterocycles. The number of amides is 1. The quantitative estimate of drug-likeness (QED) is 0.666. The van der Waals surface area contributed by atoms with Gasteiger partial charge in [0.15, 0.2) is 0 Å². The Morgan fingerprint density at radius 3 is 2.21 bits per heavy atom. The molecular formula is C10H17NO3. The van der Waals surface area contributed by atoms with Crippen LogP contribution in [0.3, 0.4) is 0 Å². The van der Waals surface area contributed by atoms with Gasteiger partial charge in [-0.05, 0) is 40.0 Å². The summed E-state index contributed by atoms with van der Waals surface area (Å²) in [5.74, 6) is 0. The van der Waals surface area contributed by atoms with Crippen molar-refractivity contribution in [1.29, 1.82) is 0 Å². The van der Waals surface area contributed by atoms with Crippen molar-refractivity contribution in [3.8, 4) is 0 Å². The molecule has 80 valence electrons. The first kappa shape index (κ1) is 9.77. The minimum Gasteiger partial charge on any atom is -0.444 e. The van der Waals surface area contributed by atoms with Crippen molar-refractivity contribution in [2.75, 3.05) is 0 Å².